The number of carbonyl (C=O) groups is 2. The molecule has 0 saturated carbocycles. The van der Waals surface area contributed by atoms with E-state index in [0.717, 1.165) is 0 Å². The lowest BCUT2D eigenvalue weighted by Gasteiger charge is -2.06. The van der Waals surface area contributed by atoms with Crippen LogP contribution < -0.4 is 5.32 Å². The van der Waals surface area contributed by atoms with E-state index in [1.807, 2.05) is 0 Å². The normalized spacial score (nSPS) is 11.6. The van der Waals surface area contributed by atoms with Gasteiger partial charge in [0.2, 0.25) is 5.91 Å². The minimum Gasteiger partial charge on any atom is -0.478 e. The van der Waals surface area contributed by atoms with Crippen molar-refractivity contribution in [3.05, 3.63) is 35.4 Å². The summed E-state index contributed by atoms with van der Waals surface area (Å²) in [5, 5.41) is 11.3. The van der Waals surface area contributed by atoms with Crippen molar-refractivity contribution < 1.29 is 14.7 Å². The van der Waals surface area contributed by atoms with Crippen LogP contribution in [0.2, 0.25) is 0 Å². The lowest BCUT2D eigenvalue weighted by Crippen LogP contribution is -2.25. The Balaban J connectivity index is 2.62. The average Bonchev–Trinajstić information content (AvgIpc) is 2.35. The second-order valence-electron chi connectivity index (χ2n) is 3.44. The van der Waals surface area contributed by atoms with E-state index in [1.54, 1.807) is 12.3 Å². The van der Waals surface area contributed by atoms with Gasteiger partial charge in [0.1, 0.15) is 6.33 Å². The highest BCUT2D eigenvalue weighted by atomic mass is 16.4. The number of hydrogen-bond donors (Lipinski definition) is 2. The lowest BCUT2D eigenvalue weighted by molar-refractivity contribution is -0.133. The summed E-state index contributed by atoms with van der Waals surface area (Å²) in [6.45, 7) is 3.10. The number of rotatable bonds is 4. The molecule has 0 aliphatic rings. The van der Waals surface area contributed by atoms with Gasteiger partial charge in [0.15, 0.2) is 0 Å². The fourth-order valence-electron chi connectivity index (χ4n) is 1.06. The zero-order valence-corrected chi connectivity index (χ0v) is 9.60. The summed E-state index contributed by atoms with van der Waals surface area (Å²) in [4.78, 5) is 29.9. The van der Waals surface area contributed by atoms with Crippen LogP contribution in [0, 0.1) is 0 Å². The van der Waals surface area contributed by atoms with E-state index in [4.69, 9.17) is 5.11 Å². The van der Waals surface area contributed by atoms with Gasteiger partial charge in [-0.2, -0.15) is 0 Å². The molecule has 2 N–H and O–H groups in total. The van der Waals surface area contributed by atoms with Crippen molar-refractivity contribution in [3.8, 4) is 0 Å². The monoisotopic (exact) mass is 235 g/mol. The lowest BCUT2D eigenvalue weighted by atomic mass is 10.1. The smallest absolute Gasteiger partial charge is 0.331 e. The molecule has 0 aromatic carbocycles. The molecule has 17 heavy (non-hydrogen) atoms. The molecule has 0 fully saturated rings. The minimum absolute atomic E-state index is 0.0326. The van der Waals surface area contributed by atoms with Crippen molar-refractivity contribution in [2.75, 3.05) is 0 Å². The summed E-state index contributed by atoms with van der Waals surface area (Å²) < 4.78 is 0. The molecule has 0 spiro atoms. The highest BCUT2D eigenvalue weighted by molar-refractivity contribution is 6.01. The van der Waals surface area contributed by atoms with Gasteiger partial charge in [0.05, 0.1) is 12.2 Å². The highest BCUT2D eigenvalue weighted by Crippen LogP contribution is 2.03. The van der Waals surface area contributed by atoms with Crippen molar-refractivity contribution in [1.29, 1.82) is 0 Å². The van der Waals surface area contributed by atoms with Crippen LogP contribution in [-0.2, 0) is 16.1 Å². The number of carboxylic acids is 1. The fourth-order valence-corrected chi connectivity index (χ4v) is 1.06. The number of carboxylic acid groups (broad SMARTS) is 1. The third-order valence-electron chi connectivity index (χ3n) is 2.30. The van der Waals surface area contributed by atoms with Crippen molar-refractivity contribution in [2.45, 2.75) is 20.4 Å². The summed E-state index contributed by atoms with van der Waals surface area (Å²) in [6, 6.07) is 1.67. The van der Waals surface area contributed by atoms with E-state index < -0.39 is 11.9 Å². The van der Waals surface area contributed by atoms with Crippen molar-refractivity contribution in [3.63, 3.8) is 0 Å². The maximum Gasteiger partial charge on any atom is 0.331 e. The Labute approximate surface area is 98.4 Å². The topological polar surface area (TPSA) is 92.2 Å². The van der Waals surface area contributed by atoms with E-state index in [1.165, 1.54) is 20.2 Å². The molecule has 6 nitrogen and oxygen atoms in total. The second kappa shape index (κ2) is 5.74. The van der Waals surface area contributed by atoms with Gasteiger partial charge in [-0.1, -0.05) is 0 Å². The number of nitrogens with one attached hydrogen (secondary N) is 1. The van der Waals surface area contributed by atoms with E-state index in [9.17, 15) is 9.59 Å². The van der Waals surface area contributed by atoms with Crippen LogP contribution in [0.4, 0.5) is 0 Å². The molecular weight excluding hydrogens is 222 g/mol. The Morgan fingerprint density at radius 2 is 2.06 bits per heavy atom. The molecule has 0 aliphatic carbocycles. The molecule has 1 heterocycles. The van der Waals surface area contributed by atoms with Gasteiger partial charge in [-0.25, -0.2) is 14.8 Å². The Morgan fingerprint density at radius 1 is 1.35 bits per heavy atom. The number of amides is 1. The molecular formula is C11H13N3O3. The van der Waals surface area contributed by atoms with Crippen LogP contribution in [0.15, 0.2) is 29.7 Å². The Kier molecular flexibility index (Phi) is 4.33. The molecule has 0 unspecified atom stereocenters. The maximum atomic E-state index is 11.6. The molecule has 0 bridgehead atoms. The summed E-state index contributed by atoms with van der Waals surface area (Å²) >= 11 is 0. The predicted octanol–water partition coefficient (Wildman–Crippen LogP) is 0.514. The van der Waals surface area contributed by atoms with Crippen LogP contribution in [0.3, 0.4) is 0 Å². The van der Waals surface area contributed by atoms with Gasteiger partial charge in [-0.05, 0) is 19.9 Å². The molecule has 1 amide bonds. The quantitative estimate of drug-likeness (QED) is 0.742. The van der Waals surface area contributed by atoms with Crippen molar-refractivity contribution >= 4 is 11.9 Å². The Hall–Kier alpha value is -2.24. The van der Waals surface area contributed by atoms with Gasteiger partial charge in [0.25, 0.3) is 0 Å². The van der Waals surface area contributed by atoms with Gasteiger partial charge < -0.3 is 10.4 Å². The standard InChI is InChI=1S/C11H13N3O3/c1-7(8(2)11(16)17)10(15)13-5-9-3-4-12-6-14-9/h3-4,6H,5H2,1-2H3,(H,13,15)(H,16,17)/b8-7+. The molecule has 90 valence electrons. The predicted molar refractivity (Wildman–Crippen MR) is 59.9 cm³/mol. The zero-order valence-electron chi connectivity index (χ0n) is 9.60. The Bertz CT molecular complexity index is 454. The first-order valence-corrected chi connectivity index (χ1v) is 4.96. The van der Waals surface area contributed by atoms with Crippen molar-refractivity contribution in [2.24, 2.45) is 0 Å². The van der Waals surface area contributed by atoms with Gasteiger partial charge in [-0.3, -0.25) is 4.79 Å². The molecule has 0 atom stereocenters. The Morgan fingerprint density at radius 3 is 2.59 bits per heavy atom. The van der Waals surface area contributed by atoms with Gasteiger partial charge in [-0.15, -0.1) is 0 Å². The second-order valence-corrected chi connectivity index (χ2v) is 3.44. The van der Waals surface area contributed by atoms with Gasteiger partial charge in [0, 0.05) is 17.3 Å². The first kappa shape index (κ1) is 12.8. The number of carbonyl (C=O) groups excluding carboxylic acids is 1. The average molecular weight is 235 g/mol. The molecule has 0 radical (unpaired) electrons. The number of nitrogens with zero attached hydrogens (tertiary/aromatic N) is 2. The van der Waals surface area contributed by atoms with E-state index in [2.05, 4.69) is 15.3 Å². The molecule has 1 aromatic heterocycles. The summed E-state index contributed by atoms with van der Waals surface area (Å²) in [7, 11) is 0. The third-order valence-corrected chi connectivity index (χ3v) is 2.30. The molecule has 1 rings (SSSR count). The minimum atomic E-state index is -1.10. The number of aliphatic carboxylic acids is 1. The molecule has 6 heteroatoms. The number of hydrogen-bond acceptors (Lipinski definition) is 4. The van der Waals surface area contributed by atoms with Crippen LogP contribution in [0.1, 0.15) is 19.5 Å². The first-order chi connectivity index (χ1) is 8.02. The van der Waals surface area contributed by atoms with Crippen LogP contribution in [-0.4, -0.2) is 27.0 Å². The largest absolute Gasteiger partial charge is 0.478 e. The van der Waals surface area contributed by atoms with Crippen LogP contribution >= 0.6 is 0 Å². The van der Waals surface area contributed by atoms with Crippen LogP contribution in [0.25, 0.3) is 0 Å². The summed E-state index contributed by atoms with van der Waals surface area (Å²) in [5.41, 5.74) is 0.880. The fraction of sp³-hybridized carbons (Fsp3) is 0.273. The first-order valence-electron chi connectivity index (χ1n) is 4.96. The van der Waals surface area contributed by atoms with E-state index >= 15 is 0 Å². The molecule has 0 saturated heterocycles. The van der Waals surface area contributed by atoms with E-state index in [-0.39, 0.29) is 17.7 Å². The third kappa shape index (κ3) is 3.67. The summed E-state index contributed by atoms with van der Waals surface area (Å²) in [5.74, 6) is -1.51. The van der Waals surface area contributed by atoms with E-state index in [0.29, 0.717) is 5.69 Å². The zero-order chi connectivity index (χ0) is 12.8. The number of aromatic nitrogens is 2. The highest BCUT2D eigenvalue weighted by Gasteiger charge is 2.12. The summed E-state index contributed by atoms with van der Waals surface area (Å²) in [6.07, 6.45) is 2.95. The van der Waals surface area contributed by atoms with Gasteiger partial charge >= 0.3 is 5.97 Å². The SMILES string of the molecule is C/C(C(=O)O)=C(/C)C(=O)NCc1ccncn1. The maximum absolute atomic E-state index is 11.6. The van der Waals surface area contributed by atoms with Crippen molar-refractivity contribution in [1.82, 2.24) is 15.3 Å². The van der Waals surface area contributed by atoms with Crippen LogP contribution in [0.5, 0.6) is 0 Å². The molecule has 1 aromatic rings. The molecule has 0 aliphatic heterocycles.